The number of hydrogen-bond acceptors (Lipinski definition) is 4. The van der Waals surface area contributed by atoms with Crippen molar-refractivity contribution in [3.05, 3.63) is 89.4 Å². The van der Waals surface area contributed by atoms with Gasteiger partial charge in [0.25, 0.3) is 5.91 Å². The molecule has 1 saturated heterocycles. The molecule has 184 valence electrons. The summed E-state index contributed by atoms with van der Waals surface area (Å²) in [6.07, 6.45) is 6.87. The molecule has 2 heterocycles. The lowest BCUT2D eigenvalue weighted by molar-refractivity contribution is 0.0454. The van der Waals surface area contributed by atoms with Crippen LogP contribution in [0, 0.1) is 12.8 Å². The van der Waals surface area contributed by atoms with E-state index in [1.54, 1.807) is 19.4 Å². The maximum Gasteiger partial charge on any atom is 0.290 e. The van der Waals surface area contributed by atoms with Gasteiger partial charge in [0.2, 0.25) is 0 Å². The lowest BCUT2D eigenvalue weighted by Crippen LogP contribution is -2.50. The van der Waals surface area contributed by atoms with Crippen LogP contribution in [-0.4, -0.2) is 48.0 Å². The first-order chi connectivity index (χ1) is 17.1. The number of nitrogens with zero attached hydrogens (tertiary/aromatic N) is 2. The van der Waals surface area contributed by atoms with Crippen LogP contribution in [0.25, 0.3) is 0 Å². The van der Waals surface area contributed by atoms with Gasteiger partial charge >= 0.3 is 0 Å². The van der Waals surface area contributed by atoms with Gasteiger partial charge in [0.15, 0.2) is 5.76 Å². The predicted molar refractivity (Wildman–Crippen MR) is 138 cm³/mol. The summed E-state index contributed by atoms with van der Waals surface area (Å²) in [5.41, 5.74) is 3.81. The predicted octanol–water partition coefficient (Wildman–Crippen LogP) is 5.72. The van der Waals surface area contributed by atoms with Crippen LogP contribution in [0.1, 0.15) is 52.9 Å². The molecule has 1 amide bonds. The second-order valence-electron chi connectivity index (χ2n) is 10.1. The normalized spacial score (nSPS) is 17.8. The largest absolute Gasteiger partial charge is 0.496 e. The van der Waals surface area contributed by atoms with Crippen LogP contribution in [0.3, 0.4) is 0 Å². The summed E-state index contributed by atoms with van der Waals surface area (Å²) in [4.78, 5) is 18.3. The van der Waals surface area contributed by atoms with Gasteiger partial charge in [0.05, 0.1) is 13.4 Å². The van der Waals surface area contributed by atoms with Crippen molar-refractivity contribution >= 4 is 5.91 Å². The molecule has 0 radical (unpaired) electrons. The van der Waals surface area contributed by atoms with E-state index < -0.39 is 0 Å². The number of rotatable bonds is 9. The van der Waals surface area contributed by atoms with Crippen LogP contribution >= 0.6 is 0 Å². The smallest absolute Gasteiger partial charge is 0.290 e. The van der Waals surface area contributed by atoms with Crippen molar-refractivity contribution in [1.29, 1.82) is 0 Å². The van der Waals surface area contributed by atoms with E-state index >= 15 is 0 Å². The van der Waals surface area contributed by atoms with Crippen molar-refractivity contribution in [2.75, 3.05) is 20.2 Å². The molecule has 5 heteroatoms. The Hall–Kier alpha value is -3.05. The van der Waals surface area contributed by atoms with Crippen molar-refractivity contribution in [3.63, 3.8) is 0 Å². The van der Waals surface area contributed by atoms with E-state index in [1.165, 1.54) is 16.7 Å². The van der Waals surface area contributed by atoms with Crippen molar-refractivity contribution < 1.29 is 13.9 Å². The number of aryl methyl sites for hydroxylation is 1. The second-order valence-corrected chi connectivity index (χ2v) is 10.1. The fourth-order valence-electron chi connectivity index (χ4n) is 5.61. The van der Waals surface area contributed by atoms with Gasteiger partial charge in [0, 0.05) is 18.6 Å². The molecule has 1 aromatic heterocycles. The Bertz CT molecular complexity index is 1100. The number of methoxy groups -OCH3 is 1. The average Bonchev–Trinajstić information content (AvgIpc) is 3.56. The van der Waals surface area contributed by atoms with E-state index in [2.05, 4.69) is 65.3 Å². The summed E-state index contributed by atoms with van der Waals surface area (Å²) in [6, 6.07) is 21.3. The molecular formula is C30H36N2O3. The summed E-state index contributed by atoms with van der Waals surface area (Å²) in [5, 5.41) is 0. The van der Waals surface area contributed by atoms with E-state index in [1.807, 2.05) is 6.07 Å². The molecule has 1 aliphatic carbocycles. The van der Waals surface area contributed by atoms with Gasteiger partial charge in [-0.15, -0.1) is 0 Å². The first-order valence-electron chi connectivity index (χ1n) is 12.9. The zero-order valence-corrected chi connectivity index (χ0v) is 20.9. The minimum Gasteiger partial charge on any atom is -0.496 e. The molecule has 1 aliphatic heterocycles. The third-order valence-corrected chi connectivity index (χ3v) is 7.59. The second kappa shape index (κ2) is 10.7. The van der Waals surface area contributed by atoms with Crippen molar-refractivity contribution in [3.8, 4) is 5.75 Å². The number of likely N-dealkylation sites (tertiary alicyclic amines) is 1. The number of amides is 1. The van der Waals surface area contributed by atoms with E-state index in [-0.39, 0.29) is 11.9 Å². The Morgan fingerprint density at radius 1 is 1.03 bits per heavy atom. The van der Waals surface area contributed by atoms with Gasteiger partial charge in [0.1, 0.15) is 5.75 Å². The highest BCUT2D eigenvalue weighted by molar-refractivity contribution is 5.92. The fourth-order valence-corrected chi connectivity index (χ4v) is 5.61. The third-order valence-electron chi connectivity index (χ3n) is 7.59. The molecule has 5 rings (SSSR count). The first-order valence-corrected chi connectivity index (χ1v) is 12.9. The average molecular weight is 473 g/mol. The van der Waals surface area contributed by atoms with Crippen molar-refractivity contribution in [2.45, 2.75) is 57.7 Å². The number of carbonyl (C=O) groups excluding carboxylic acids is 1. The Balaban J connectivity index is 1.31. The van der Waals surface area contributed by atoms with Gasteiger partial charge in [-0.2, -0.15) is 0 Å². The maximum atomic E-state index is 13.6. The summed E-state index contributed by atoms with van der Waals surface area (Å²) in [7, 11) is 1.72. The molecule has 2 aromatic carbocycles. The van der Waals surface area contributed by atoms with E-state index in [0.717, 1.165) is 57.5 Å². The minimum atomic E-state index is 0.0505. The fraction of sp³-hybridized carbons (Fsp3) is 0.433. The van der Waals surface area contributed by atoms with Crippen LogP contribution in [0.2, 0.25) is 0 Å². The molecule has 0 bridgehead atoms. The highest BCUT2D eigenvalue weighted by atomic mass is 16.5. The number of piperidine rings is 1. The minimum absolute atomic E-state index is 0.0505. The molecule has 2 aliphatic rings. The van der Waals surface area contributed by atoms with Crippen LogP contribution in [0.4, 0.5) is 0 Å². The number of hydrogen-bond donors (Lipinski definition) is 0. The van der Waals surface area contributed by atoms with E-state index in [4.69, 9.17) is 9.15 Å². The maximum absolute atomic E-state index is 13.6. The summed E-state index contributed by atoms with van der Waals surface area (Å²) in [6.45, 7) is 5.16. The topological polar surface area (TPSA) is 45.9 Å². The summed E-state index contributed by atoms with van der Waals surface area (Å²) >= 11 is 0. The lowest BCUT2D eigenvalue weighted by Gasteiger charge is -2.41. The molecule has 0 unspecified atom stereocenters. The van der Waals surface area contributed by atoms with Gasteiger partial charge in [-0.3, -0.25) is 9.69 Å². The zero-order chi connectivity index (χ0) is 24.2. The molecule has 0 N–H and O–H groups in total. The van der Waals surface area contributed by atoms with Gasteiger partial charge < -0.3 is 14.1 Å². The Kier molecular flexibility index (Phi) is 7.24. The number of furan rings is 1. The molecule has 0 spiro atoms. The SMILES string of the molecule is COc1ccc(CN2CCC([C@@H](Cc3ccccc3)N(C(=O)c3ccco3)C3CC3)CC2)cc1C. The number of ether oxygens (including phenoxy) is 1. The summed E-state index contributed by atoms with van der Waals surface area (Å²) < 4.78 is 11.0. The standard InChI is InChI=1S/C30H36N2O3/c1-22-19-24(10-13-28(22)34-2)21-31-16-14-25(15-17-31)27(20-23-7-4-3-5-8-23)32(26-11-12-26)30(33)29-9-6-18-35-29/h3-10,13,18-19,25-27H,11-12,14-17,20-21H2,1-2H3/t27-/m1/s1. The van der Waals surface area contributed by atoms with Crippen molar-refractivity contribution in [1.82, 2.24) is 9.80 Å². The molecule has 2 fully saturated rings. The van der Waals surface area contributed by atoms with E-state index in [9.17, 15) is 4.79 Å². The molecule has 1 atom stereocenters. The van der Waals surface area contributed by atoms with E-state index in [0.29, 0.717) is 17.7 Å². The van der Waals surface area contributed by atoms with Gasteiger partial charge in [-0.1, -0.05) is 42.5 Å². The number of carbonyl (C=O) groups is 1. The van der Waals surface area contributed by atoms with Crippen LogP contribution in [-0.2, 0) is 13.0 Å². The molecular weight excluding hydrogens is 436 g/mol. The van der Waals surface area contributed by atoms with Crippen LogP contribution in [0.15, 0.2) is 71.3 Å². The summed E-state index contributed by atoms with van der Waals surface area (Å²) in [5.74, 6) is 1.93. The first kappa shape index (κ1) is 23.7. The van der Waals surface area contributed by atoms with Crippen LogP contribution < -0.4 is 4.74 Å². The van der Waals surface area contributed by atoms with Crippen LogP contribution in [0.5, 0.6) is 5.75 Å². The Labute approximate surface area is 208 Å². The number of benzene rings is 2. The highest BCUT2D eigenvalue weighted by Gasteiger charge is 2.42. The van der Waals surface area contributed by atoms with Crippen molar-refractivity contribution in [2.24, 2.45) is 5.92 Å². The Morgan fingerprint density at radius 3 is 2.43 bits per heavy atom. The third kappa shape index (κ3) is 5.62. The molecule has 35 heavy (non-hydrogen) atoms. The zero-order valence-electron chi connectivity index (χ0n) is 20.9. The quantitative estimate of drug-likeness (QED) is 0.399. The molecule has 5 nitrogen and oxygen atoms in total. The monoisotopic (exact) mass is 472 g/mol. The van der Waals surface area contributed by atoms with Gasteiger partial charge in [-0.05, 0) is 92.9 Å². The molecule has 3 aromatic rings. The molecule has 1 saturated carbocycles. The lowest BCUT2D eigenvalue weighted by atomic mass is 9.84. The Morgan fingerprint density at radius 2 is 1.80 bits per heavy atom. The highest BCUT2D eigenvalue weighted by Crippen LogP contribution is 2.36. The van der Waals surface area contributed by atoms with Gasteiger partial charge in [-0.25, -0.2) is 0 Å².